The lowest BCUT2D eigenvalue weighted by atomic mass is 9.99. The summed E-state index contributed by atoms with van der Waals surface area (Å²) in [6.07, 6.45) is 3.76. The van der Waals surface area contributed by atoms with Gasteiger partial charge >= 0.3 is 0 Å². The van der Waals surface area contributed by atoms with Gasteiger partial charge in [-0.2, -0.15) is 0 Å². The Morgan fingerprint density at radius 1 is 1.33 bits per heavy atom. The van der Waals surface area contributed by atoms with Crippen molar-refractivity contribution in [1.29, 1.82) is 0 Å². The number of piperidine rings is 1. The Kier molecular flexibility index (Phi) is 3.96. The number of benzene rings is 1. The van der Waals surface area contributed by atoms with Crippen LogP contribution >= 0.6 is 0 Å². The highest BCUT2D eigenvalue weighted by Gasteiger charge is 2.18. The van der Waals surface area contributed by atoms with Crippen LogP contribution in [0.15, 0.2) is 30.5 Å². The molecular weight excluding hydrogens is 270 g/mol. The van der Waals surface area contributed by atoms with Crippen molar-refractivity contribution < 1.29 is 9.66 Å². The van der Waals surface area contributed by atoms with Crippen LogP contribution in [0.1, 0.15) is 12.8 Å². The van der Waals surface area contributed by atoms with Crippen LogP contribution in [0, 0.1) is 16.0 Å². The van der Waals surface area contributed by atoms with Gasteiger partial charge < -0.3 is 10.1 Å². The van der Waals surface area contributed by atoms with E-state index in [2.05, 4.69) is 10.3 Å². The molecule has 1 aromatic heterocycles. The van der Waals surface area contributed by atoms with Gasteiger partial charge in [0.2, 0.25) is 0 Å². The van der Waals surface area contributed by atoms with Gasteiger partial charge in [-0.25, -0.2) is 4.98 Å². The number of nitrogens with zero attached hydrogens (tertiary/aromatic N) is 2. The van der Waals surface area contributed by atoms with E-state index in [1.165, 1.54) is 6.07 Å². The summed E-state index contributed by atoms with van der Waals surface area (Å²) in [5.41, 5.74) is 0.394. The first-order chi connectivity index (χ1) is 10.3. The summed E-state index contributed by atoms with van der Waals surface area (Å²) >= 11 is 0. The lowest BCUT2D eigenvalue weighted by Crippen LogP contribution is -2.30. The topological polar surface area (TPSA) is 77.3 Å². The van der Waals surface area contributed by atoms with Crippen molar-refractivity contribution in [2.45, 2.75) is 12.8 Å². The highest BCUT2D eigenvalue weighted by Crippen LogP contribution is 2.31. The smallest absolute Gasteiger partial charge is 0.295 e. The van der Waals surface area contributed by atoms with Crippen LogP contribution in [0.25, 0.3) is 10.9 Å². The third kappa shape index (κ3) is 2.95. The highest BCUT2D eigenvalue weighted by molar-refractivity contribution is 5.91. The number of non-ortho nitro benzene ring substituents is 1. The molecule has 21 heavy (non-hydrogen) atoms. The molecule has 1 saturated heterocycles. The third-order valence-electron chi connectivity index (χ3n) is 3.84. The molecular formula is C15H17N3O3. The Bertz CT molecular complexity index is 654. The molecule has 1 fully saturated rings. The first-order valence-corrected chi connectivity index (χ1v) is 7.11. The highest BCUT2D eigenvalue weighted by atomic mass is 16.6. The van der Waals surface area contributed by atoms with E-state index in [1.54, 1.807) is 18.3 Å². The maximum atomic E-state index is 11.0. The minimum absolute atomic E-state index is 0.0137. The molecule has 0 aliphatic carbocycles. The Balaban J connectivity index is 1.85. The lowest BCUT2D eigenvalue weighted by Gasteiger charge is -2.22. The van der Waals surface area contributed by atoms with Gasteiger partial charge in [0, 0.05) is 17.6 Å². The maximum absolute atomic E-state index is 11.0. The molecule has 2 aromatic rings. The van der Waals surface area contributed by atoms with Crippen LogP contribution < -0.4 is 10.1 Å². The van der Waals surface area contributed by atoms with E-state index in [9.17, 15) is 10.1 Å². The second kappa shape index (κ2) is 6.05. The molecule has 1 aliphatic heterocycles. The van der Waals surface area contributed by atoms with Crippen molar-refractivity contribution in [3.63, 3.8) is 0 Å². The average Bonchev–Trinajstić information content (AvgIpc) is 2.53. The average molecular weight is 287 g/mol. The largest absolute Gasteiger partial charge is 0.493 e. The predicted octanol–water partition coefficient (Wildman–Crippen LogP) is 2.52. The fourth-order valence-corrected chi connectivity index (χ4v) is 2.66. The second-order valence-electron chi connectivity index (χ2n) is 5.24. The minimum Gasteiger partial charge on any atom is -0.493 e. The summed E-state index contributed by atoms with van der Waals surface area (Å²) in [5, 5.41) is 15.1. The van der Waals surface area contributed by atoms with E-state index >= 15 is 0 Å². The third-order valence-corrected chi connectivity index (χ3v) is 3.84. The Morgan fingerprint density at radius 3 is 2.90 bits per heavy atom. The number of hydrogen-bond donors (Lipinski definition) is 1. The standard InChI is InChI=1S/C15H17N3O3/c19-18(20)13-3-4-14(12-2-1-7-17-15(12)13)21-10-11-5-8-16-9-6-11/h1-4,7,11,16H,5-6,8-10H2. The number of nitro groups is 1. The number of rotatable bonds is 4. The van der Waals surface area contributed by atoms with E-state index in [0.29, 0.717) is 29.2 Å². The van der Waals surface area contributed by atoms with Gasteiger partial charge in [-0.1, -0.05) is 0 Å². The maximum Gasteiger partial charge on any atom is 0.295 e. The van der Waals surface area contributed by atoms with E-state index in [0.717, 1.165) is 25.9 Å². The molecule has 0 atom stereocenters. The normalized spacial score (nSPS) is 16.0. The Labute approximate surface area is 122 Å². The number of aromatic nitrogens is 1. The van der Waals surface area contributed by atoms with Crippen LogP contribution in [-0.4, -0.2) is 29.6 Å². The number of ether oxygens (including phenoxy) is 1. The molecule has 0 spiro atoms. The molecule has 110 valence electrons. The lowest BCUT2D eigenvalue weighted by molar-refractivity contribution is -0.383. The number of hydrogen-bond acceptors (Lipinski definition) is 5. The van der Waals surface area contributed by atoms with E-state index < -0.39 is 4.92 Å². The van der Waals surface area contributed by atoms with Gasteiger partial charge in [-0.05, 0) is 50.0 Å². The quantitative estimate of drug-likeness (QED) is 0.690. The van der Waals surface area contributed by atoms with Crippen LogP contribution in [0.2, 0.25) is 0 Å². The van der Waals surface area contributed by atoms with Crippen molar-refractivity contribution in [3.8, 4) is 5.75 Å². The Hall–Kier alpha value is -2.21. The van der Waals surface area contributed by atoms with Crippen LogP contribution in [-0.2, 0) is 0 Å². The molecule has 0 amide bonds. The molecule has 2 heterocycles. The number of nitro benzene ring substituents is 1. The molecule has 1 aromatic carbocycles. The predicted molar refractivity (Wildman–Crippen MR) is 79.5 cm³/mol. The molecule has 0 saturated carbocycles. The zero-order chi connectivity index (χ0) is 14.7. The molecule has 1 N–H and O–H groups in total. The monoisotopic (exact) mass is 287 g/mol. The molecule has 0 radical (unpaired) electrons. The van der Waals surface area contributed by atoms with Crippen molar-refractivity contribution in [3.05, 3.63) is 40.6 Å². The van der Waals surface area contributed by atoms with E-state index in [4.69, 9.17) is 4.74 Å². The van der Waals surface area contributed by atoms with Gasteiger partial charge in [0.25, 0.3) is 5.69 Å². The summed E-state index contributed by atoms with van der Waals surface area (Å²) in [4.78, 5) is 14.8. The zero-order valence-electron chi connectivity index (χ0n) is 11.6. The minimum atomic E-state index is -0.411. The van der Waals surface area contributed by atoms with Crippen LogP contribution in [0.5, 0.6) is 5.75 Å². The summed E-state index contributed by atoms with van der Waals surface area (Å²) in [6.45, 7) is 2.69. The van der Waals surface area contributed by atoms with E-state index in [1.807, 2.05) is 6.07 Å². The number of fused-ring (bicyclic) bond motifs is 1. The molecule has 6 heteroatoms. The molecule has 0 bridgehead atoms. The Morgan fingerprint density at radius 2 is 2.14 bits per heavy atom. The van der Waals surface area contributed by atoms with Gasteiger partial charge in [0.15, 0.2) is 5.52 Å². The number of nitrogens with one attached hydrogen (secondary N) is 1. The first-order valence-electron chi connectivity index (χ1n) is 7.11. The summed E-state index contributed by atoms with van der Waals surface area (Å²) in [5.74, 6) is 1.20. The van der Waals surface area contributed by atoms with Crippen LogP contribution in [0.3, 0.4) is 0 Å². The fraction of sp³-hybridized carbons (Fsp3) is 0.400. The molecule has 0 unspecified atom stereocenters. The van der Waals surface area contributed by atoms with Gasteiger partial charge in [0.05, 0.1) is 11.5 Å². The van der Waals surface area contributed by atoms with Crippen molar-refractivity contribution in [2.24, 2.45) is 5.92 Å². The van der Waals surface area contributed by atoms with Crippen molar-refractivity contribution >= 4 is 16.6 Å². The second-order valence-corrected chi connectivity index (χ2v) is 5.24. The van der Waals surface area contributed by atoms with Gasteiger partial charge in [-0.15, -0.1) is 0 Å². The summed E-state index contributed by atoms with van der Waals surface area (Å²) in [6, 6.07) is 6.72. The van der Waals surface area contributed by atoms with Crippen molar-refractivity contribution in [1.82, 2.24) is 10.3 Å². The summed E-state index contributed by atoms with van der Waals surface area (Å²) < 4.78 is 5.90. The van der Waals surface area contributed by atoms with Crippen molar-refractivity contribution in [2.75, 3.05) is 19.7 Å². The van der Waals surface area contributed by atoms with Gasteiger partial charge in [-0.3, -0.25) is 10.1 Å². The molecule has 6 nitrogen and oxygen atoms in total. The summed E-state index contributed by atoms with van der Waals surface area (Å²) in [7, 11) is 0. The van der Waals surface area contributed by atoms with E-state index in [-0.39, 0.29) is 5.69 Å². The fourth-order valence-electron chi connectivity index (χ4n) is 2.66. The van der Waals surface area contributed by atoms with Crippen LogP contribution in [0.4, 0.5) is 5.69 Å². The van der Waals surface area contributed by atoms with Gasteiger partial charge in [0.1, 0.15) is 5.75 Å². The number of pyridine rings is 1. The SMILES string of the molecule is O=[N+]([O-])c1ccc(OCC2CCNCC2)c2cccnc12. The molecule has 1 aliphatic rings. The first kappa shape index (κ1) is 13.8. The zero-order valence-corrected chi connectivity index (χ0v) is 11.6. The molecule has 3 rings (SSSR count).